The minimum atomic E-state index is 0.695. The van der Waals surface area contributed by atoms with Gasteiger partial charge in [0.2, 0.25) is 0 Å². The van der Waals surface area contributed by atoms with E-state index in [1.807, 2.05) is 0 Å². The van der Waals surface area contributed by atoms with Gasteiger partial charge in [-0.15, -0.1) is 0 Å². The first-order chi connectivity index (χ1) is 6.88. The van der Waals surface area contributed by atoms with Crippen molar-refractivity contribution in [1.82, 2.24) is 10.2 Å². The maximum atomic E-state index is 5.43. The average molecular weight is 196 g/mol. The van der Waals surface area contributed by atoms with Crippen molar-refractivity contribution < 1.29 is 4.74 Å². The fourth-order valence-corrected chi connectivity index (χ4v) is 2.22. The molecule has 3 heteroatoms. The fraction of sp³-hybridized carbons (Fsp3) is 0.818. The van der Waals surface area contributed by atoms with Crippen LogP contribution in [0, 0.1) is 0 Å². The summed E-state index contributed by atoms with van der Waals surface area (Å²) in [6.45, 7) is 5.28. The van der Waals surface area contributed by atoms with Gasteiger partial charge in [-0.2, -0.15) is 0 Å². The first-order valence-corrected chi connectivity index (χ1v) is 5.54. The molecule has 0 aromatic rings. The lowest BCUT2D eigenvalue weighted by molar-refractivity contribution is 0.143. The first kappa shape index (κ1) is 10.1. The number of nitrogens with zero attached hydrogens (tertiary/aromatic N) is 1. The van der Waals surface area contributed by atoms with Crippen molar-refractivity contribution in [3.05, 3.63) is 11.6 Å². The van der Waals surface area contributed by atoms with E-state index in [1.165, 1.54) is 25.1 Å². The van der Waals surface area contributed by atoms with Crippen LogP contribution in [-0.4, -0.2) is 50.8 Å². The standard InChI is InChI=1S/C11H20N2O/c1-12-11-4-5-13(8-11)7-10-3-2-6-14-9-10/h3,11-12H,2,4-9H2,1H3. The number of likely N-dealkylation sites (tertiary alicyclic amines) is 1. The molecule has 0 aromatic carbocycles. The van der Waals surface area contributed by atoms with Crippen molar-refractivity contribution >= 4 is 0 Å². The minimum absolute atomic E-state index is 0.695. The second kappa shape index (κ2) is 4.91. The third kappa shape index (κ3) is 2.56. The van der Waals surface area contributed by atoms with Crippen molar-refractivity contribution in [2.24, 2.45) is 0 Å². The molecule has 0 radical (unpaired) electrons. The molecule has 1 atom stereocenters. The smallest absolute Gasteiger partial charge is 0.0689 e. The molecule has 1 N–H and O–H groups in total. The van der Waals surface area contributed by atoms with Crippen LogP contribution in [0.1, 0.15) is 12.8 Å². The lowest BCUT2D eigenvalue weighted by Gasteiger charge is -2.20. The first-order valence-electron chi connectivity index (χ1n) is 5.54. The van der Waals surface area contributed by atoms with Gasteiger partial charge in [0.05, 0.1) is 13.2 Å². The second-order valence-electron chi connectivity index (χ2n) is 4.21. The SMILES string of the molecule is CNC1CCN(CC2=CCCOC2)C1. The summed E-state index contributed by atoms with van der Waals surface area (Å²) >= 11 is 0. The summed E-state index contributed by atoms with van der Waals surface area (Å²) in [5.41, 5.74) is 1.47. The summed E-state index contributed by atoms with van der Waals surface area (Å²) < 4.78 is 5.43. The van der Waals surface area contributed by atoms with Crippen LogP contribution in [0.15, 0.2) is 11.6 Å². The Balaban J connectivity index is 1.78. The Hall–Kier alpha value is -0.380. The van der Waals surface area contributed by atoms with Crippen LogP contribution in [-0.2, 0) is 4.74 Å². The summed E-state index contributed by atoms with van der Waals surface area (Å²) in [7, 11) is 2.05. The number of rotatable bonds is 3. The zero-order chi connectivity index (χ0) is 9.80. The fourth-order valence-electron chi connectivity index (χ4n) is 2.22. The van der Waals surface area contributed by atoms with E-state index in [4.69, 9.17) is 4.74 Å². The van der Waals surface area contributed by atoms with Gasteiger partial charge in [0.1, 0.15) is 0 Å². The molecular formula is C11H20N2O. The maximum Gasteiger partial charge on any atom is 0.0689 e. The van der Waals surface area contributed by atoms with Crippen LogP contribution < -0.4 is 5.32 Å². The van der Waals surface area contributed by atoms with E-state index < -0.39 is 0 Å². The summed E-state index contributed by atoms with van der Waals surface area (Å²) in [5, 5.41) is 3.34. The number of nitrogens with one attached hydrogen (secondary N) is 1. The van der Waals surface area contributed by atoms with Crippen LogP contribution >= 0.6 is 0 Å². The molecule has 3 nitrogen and oxygen atoms in total. The van der Waals surface area contributed by atoms with Crippen molar-refractivity contribution in [3.63, 3.8) is 0 Å². The van der Waals surface area contributed by atoms with E-state index >= 15 is 0 Å². The average Bonchev–Trinajstić information content (AvgIpc) is 2.67. The van der Waals surface area contributed by atoms with Crippen LogP contribution in [0.4, 0.5) is 0 Å². The van der Waals surface area contributed by atoms with E-state index in [9.17, 15) is 0 Å². The highest BCUT2D eigenvalue weighted by Crippen LogP contribution is 2.13. The predicted molar refractivity (Wildman–Crippen MR) is 57.4 cm³/mol. The molecule has 1 saturated heterocycles. The van der Waals surface area contributed by atoms with Gasteiger partial charge in [-0.05, 0) is 25.5 Å². The molecule has 2 aliphatic rings. The van der Waals surface area contributed by atoms with Crippen LogP contribution in [0.25, 0.3) is 0 Å². The van der Waals surface area contributed by atoms with Gasteiger partial charge >= 0.3 is 0 Å². The number of ether oxygens (including phenoxy) is 1. The lowest BCUT2D eigenvalue weighted by atomic mass is 10.2. The predicted octanol–water partition coefficient (Wildman–Crippen LogP) is 0.627. The van der Waals surface area contributed by atoms with E-state index in [1.54, 1.807) is 0 Å². The summed E-state index contributed by atoms with van der Waals surface area (Å²) in [6.07, 6.45) is 4.72. The molecular weight excluding hydrogens is 176 g/mol. The third-order valence-corrected chi connectivity index (χ3v) is 3.09. The topological polar surface area (TPSA) is 24.5 Å². The largest absolute Gasteiger partial charge is 0.377 e. The molecule has 1 fully saturated rings. The van der Waals surface area contributed by atoms with Gasteiger partial charge in [0.15, 0.2) is 0 Å². The van der Waals surface area contributed by atoms with Gasteiger partial charge in [0.25, 0.3) is 0 Å². The van der Waals surface area contributed by atoms with Gasteiger partial charge < -0.3 is 10.1 Å². The molecule has 0 bridgehead atoms. The van der Waals surface area contributed by atoms with E-state index in [0.29, 0.717) is 6.04 Å². The van der Waals surface area contributed by atoms with Gasteiger partial charge in [-0.25, -0.2) is 0 Å². The van der Waals surface area contributed by atoms with E-state index in [0.717, 1.165) is 26.2 Å². The molecule has 0 saturated carbocycles. The van der Waals surface area contributed by atoms with Crippen LogP contribution in [0.5, 0.6) is 0 Å². The zero-order valence-electron chi connectivity index (χ0n) is 8.96. The second-order valence-corrected chi connectivity index (χ2v) is 4.21. The summed E-state index contributed by atoms with van der Waals surface area (Å²) in [5.74, 6) is 0. The lowest BCUT2D eigenvalue weighted by Crippen LogP contribution is -2.31. The van der Waals surface area contributed by atoms with Gasteiger partial charge in [-0.3, -0.25) is 4.90 Å². The highest BCUT2D eigenvalue weighted by atomic mass is 16.5. The Kier molecular flexibility index (Phi) is 3.56. The van der Waals surface area contributed by atoms with E-state index in [-0.39, 0.29) is 0 Å². The monoisotopic (exact) mass is 196 g/mol. The van der Waals surface area contributed by atoms with Crippen LogP contribution in [0.3, 0.4) is 0 Å². The van der Waals surface area contributed by atoms with Gasteiger partial charge in [-0.1, -0.05) is 6.08 Å². The Morgan fingerprint density at radius 1 is 1.64 bits per heavy atom. The Labute approximate surface area is 86.1 Å². The quantitative estimate of drug-likeness (QED) is 0.670. The summed E-state index contributed by atoms with van der Waals surface area (Å²) in [4.78, 5) is 2.52. The molecule has 0 spiro atoms. The van der Waals surface area contributed by atoms with Crippen LogP contribution in [0.2, 0.25) is 0 Å². The number of hydrogen-bond acceptors (Lipinski definition) is 3. The highest BCUT2D eigenvalue weighted by molar-refractivity contribution is 5.08. The zero-order valence-corrected chi connectivity index (χ0v) is 8.96. The molecule has 0 aliphatic carbocycles. The molecule has 2 heterocycles. The highest BCUT2D eigenvalue weighted by Gasteiger charge is 2.21. The van der Waals surface area contributed by atoms with Crippen molar-refractivity contribution in [2.45, 2.75) is 18.9 Å². The number of hydrogen-bond donors (Lipinski definition) is 1. The Morgan fingerprint density at radius 2 is 2.57 bits per heavy atom. The maximum absolute atomic E-state index is 5.43. The van der Waals surface area contributed by atoms with Gasteiger partial charge in [0, 0.05) is 25.7 Å². The van der Waals surface area contributed by atoms with E-state index in [2.05, 4.69) is 23.3 Å². The normalized spacial score (nSPS) is 29.2. The molecule has 14 heavy (non-hydrogen) atoms. The molecule has 0 aromatic heterocycles. The molecule has 80 valence electrons. The van der Waals surface area contributed by atoms with Crippen molar-refractivity contribution in [3.8, 4) is 0 Å². The molecule has 2 rings (SSSR count). The minimum Gasteiger partial charge on any atom is -0.377 e. The Bertz CT molecular complexity index is 215. The van der Waals surface area contributed by atoms with Crippen molar-refractivity contribution in [2.75, 3.05) is 39.9 Å². The molecule has 1 unspecified atom stereocenters. The van der Waals surface area contributed by atoms with Crippen molar-refractivity contribution in [1.29, 1.82) is 0 Å². The molecule has 2 aliphatic heterocycles. The molecule has 0 amide bonds. The summed E-state index contributed by atoms with van der Waals surface area (Å²) in [6, 6.07) is 0.695. The number of likely N-dealkylation sites (N-methyl/N-ethyl adjacent to an activating group) is 1. The Morgan fingerprint density at radius 3 is 3.21 bits per heavy atom. The third-order valence-electron chi connectivity index (χ3n) is 3.09.